The van der Waals surface area contributed by atoms with Crippen molar-refractivity contribution in [1.29, 1.82) is 0 Å². The fraction of sp³-hybridized carbons (Fsp3) is 0.469. The second-order valence-corrected chi connectivity index (χ2v) is 9.54. The summed E-state index contributed by atoms with van der Waals surface area (Å²) in [6, 6.07) is 22.7. The van der Waals surface area contributed by atoms with Gasteiger partial charge < -0.3 is 0 Å². The number of rotatable bonds is 15. The molecule has 1 heterocycles. The summed E-state index contributed by atoms with van der Waals surface area (Å²) in [7, 11) is 0. The summed E-state index contributed by atoms with van der Waals surface area (Å²) in [6.07, 6.45) is 18.6. The molecule has 0 fully saturated rings. The summed E-state index contributed by atoms with van der Waals surface area (Å²) < 4.78 is 0. The van der Waals surface area contributed by atoms with E-state index in [1.165, 1.54) is 92.0 Å². The van der Waals surface area contributed by atoms with E-state index in [0.29, 0.717) is 0 Å². The summed E-state index contributed by atoms with van der Waals surface area (Å²) in [5.41, 5.74) is 7.95. The molecule has 0 aliphatic rings. The fourth-order valence-electron chi connectivity index (χ4n) is 4.44. The maximum absolute atomic E-state index is 4.70. The van der Waals surface area contributed by atoms with Gasteiger partial charge in [0.1, 0.15) is 0 Å². The lowest BCUT2D eigenvalue weighted by Crippen LogP contribution is -1.93. The predicted octanol–water partition coefficient (Wildman–Crippen LogP) is 9.17. The molecule has 0 N–H and O–H groups in total. The van der Waals surface area contributed by atoms with Gasteiger partial charge in [-0.1, -0.05) is 113 Å². The molecule has 0 amide bonds. The molecule has 0 bridgehead atoms. The molecule has 0 saturated carbocycles. The predicted molar refractivity (Wildman–Crippen MR) is 144 cm³/mol. The minimum Gasteiger partial charge on any atom is -0.256 e. The van der Waals surface area contributed by atoms with Crippen molar-refractivity contribution in [3.05, 3.63) is 89.1 Å². The number of aromatic nitrogens is 1. The Bertz CT molecular complexity index is 891. The van der Waals surface area contributed by atoms with Crippen LogP contribution in [-0.4, -0.2) is 4.98 Å². The van der Waals surface area contributed by atoms with Gasteiger partial charge in [0.2, 0.25) is 0 Å². The summed E-state index contributed by atoms with van der Waals surface area (Å²) in [5.74, 6) is 0. The quantitative estimate of drug-likeness (QED) is 0.214. The molecule has 3 rings (SSSR count). The van der Waals surface area contributed by atoms with Gasteiger partial charge in [-0.2, -0.15) is 0 Å². The van der Waals surface area contributed by atoms with E-state index in [9.17, 15) is 0 Å². The van der Waals surface area contributed by atoms with E-state index in [2.05, 4.69) is 80.7 Å². The van der Waals surface area contributed by atoms with E-state index in [0.717, 1.165) is 25.0 Å². The van der Waals surface area contributed by atoms with Crippen LogP contribution in [0.3, 0.4) is 0 Å². The van der Waals surface area contributed by atoms with Crippen molar-refractivity contribution in [2.45, 2.75) is 97.3 Å². The standard InChI is InChI=1S/C32H43N/c1-3-5-7-8-9-11-12-27-14-16-28(17-15-27)18-19-29-20-23-31(24-21-29)32-25-22-30(26-33-32)13-10-6-4-2/h14-17,20-26H,3-13,18-19H2,1-2H3. The van der Waals surface area contributed by atoms with Crippen LogP contribution in [0.4, 0.5) is 0 Å². The van der Waals surface area contributed by atoms with E-state index in [4.69, 9.17) is 4.98 Å². The van der Waals surface area contributed by atoms with Gasteiger partial charge in [-0.05, 0) is 66.8 Å². The monoisotopic (exact) mass is 441 g/mol. The van der Waals surface area contributed by atoms with Crippen molar-refractivity contribution < 1.29 is 0 Å². The molecule has 0 radical (unpaired) electrons. The molecule has 0 aliphatic heterocycles. The lowest BCUT2D eigenvalue weighted by atomic mass is 9.99. The summed E-state index contributed by atoms with van der Waals surface area (Å²) in [6.45, 7) is 4.53. The van der Waals surface area contributed by atoms with Crippen LogP contribution in [0, 0.1) is 0 Å². The van der Waals surface area contributed by atoms with Crippen molar-refractivity contribution in [2.24, 2.45) is 0 Å². The van der Waals surface area contributed by atoms with Gasteiger partial charge in [-0.3, -0.25) is 4.98 Å². The third-order valence-electron chi connectivity index (χ3n) is 6.69. The second kappa shape index (κ2) is 14.7. The molecular weight excluding hydrogens is 398 g/mol. The van der Waals surface area contributed by atoms with E-state index < -0.39 is 0 Å². The molecular formula is C32H43N. The molecule has 33 heavy (non-hydrogen) atoms. The Balaban J connectivity index is 1.42. The van der Waals surface area contributed by atoms with Crippen molar-refractivity contribution in [3.63, 3.8) is 0 Å². The van der Waals surface area contributed by atoms with Crippen LogP contribution in [0.2, 0.25) is 0 Å². The summed E-state index contributed by atoms with van der Waals surface area (Å²) in [5, 5.41) is 0. The minimum atomic E-state index is 1.07. The van der Waals surface area contributed by atoms with Gasteiger partial charge in [0, 0.05) is 11.8 Å². The maximum Gasteiger partial charge on any atom is 0.0702 e. The highest BCUT2D eigenvalue weighted by atomic mass is 14.7. The highest BCUT2D eigenvalue weighted by Gasteiger charge is 2.02. The molecule has 0 spiro atoms. The number of unbranched alkanes of at least 4 members (excludes halogenated alkanes) is 7. The highest BCUT2D eigenvalue weighted by molar-refractivity contribution is 5.59. The van der Waals surface area contributed by atoms with Crippen molar-refractivity contribution in [3.8, 4) is 11.3 Å². The maximum atomic E-state index is 4.70. The first-order chi connectivity index (χ1) is 16.3. The Morgan fingerprint density at radius 1 is 0.455 bits per heavy atom. The number of hydrogen-bond acceptors (Lipinski definition) is 1. The molecule has 176 valence electrons. The Kier molecular flexibility index (Phi) is 11.2. The first-order valence-electron chi connectivity index (χ1n) is 13.4. The number of hydrogen-bond donors (Lipinski definition) is 0. The van der Waals surface area contributed by atoms with Gasteiger partial charge >= 0.3 is 0 Å². The van der Waals surface area contributed by atoms with Gasteiger partial charge in [-0.15, -0.1) is 0 Å². The third kappa shape index (κ3) is 9.16. The molecule has 1 heteroatoms. The lowest BCUT2D eigenvalue weighted by Gasteiger charge is -2.07. The molecule has 0 unspecified atom stereocenters. The van der Waals surface area contributed by atoms with E-state index >= 15 is 0 Å². The Hall–Kier alpha value is -2.41. The lowest BCUT2D eigenvalue weighted by molar-refractivity contribution is 0.607. The number of nitrogens with zero attached hydrogens (tertiary/aromatic N) is 1. The fourth-order valence-corrected chi connectivity index (χ4v) is 4.44. The van der Waals surface area contributed by atoms with Crippen LogP contribution >= 0.6 is 0 Å². The van der Waals surface area contributed by atoms with E-state index in [1.807, 2.05) is 0 Å². The first-order valence-corrected chi connectivity index (χ1v) is 13.4. The van der Waals surface area contributed by atoms with E-state index in [1.54, 1.807) is 0 Å². The third-order valence-corrected chi connectivity index (χ3v) is 6.69. The van der Waals surface area contributed by atoms with Crippen molar-refractivity contribution in [1.82, 2.24) is 4.98 Å². The minimum absolute atomic E-state index is 1.07. The smallest absolute Gasteiger partial charge is 0.0702 e. The topological polar surface area (TPSA) is 12.9 Å². The van der Waals surface area contributed by atoms with Crippen LogP contribution in [0.1, 0.15) is 93.9 Å². The highest BCUT2D eigenvalue weighted by Crippen LogP contribution is 2.20. The average molecular weight is 442 g/mol. The first kappa shape index (κ1) is 25.2. The van der Waals surface area contributed by atoms with Gasteiger partial charge in [0.15, 0.2) is 0 Å². The zero-order valence-corrected chi connectivity index (χ0v) is 21.0. The molecule has 0 atom stereocenters. The second-order valence-electron chi connectivity index (χ2n) is 9.54. The molecule has 0 saturated heterocycles. The zero-order chi connectivity index (χ0) is 23.1. The summed E-state index contributed by atoms with van der Waals surface area (Å²) >= 11 is 0. The molecule has 3 aromatic rings. The average Bonchev–Trinajstić information content (AvgIpc) is 2.86. The van der Waals surface area contributed by atoms with Crippen LogP contribution in [0.25, 0.3) is 11.3 Å². The SMILES string of the molecule is CCCCCCCCc1ccc(CCc2ccc(-c3ccc(CCCCC)cn3)cc2)cc1. The van der Waals surface area contributed by atoms with Crippen LogP contribution in [-0.2, 0) is 25.7 Å². The normalized spacial score (nSPS) is 11.1. The Morgan fingerprint density at radius 2 is 0.909 bits per heavy atom. The van der Waals surface area contributed by atoms with Crippen LogP contribution in [0.5, 0.6) is 0 Å². The number of pyridine rings is 1. The zero-order valence-electron chi connectivity index (χ0n) is 21.0. The van der Waals surface area contributed by atoms with Gasteiger partial charge in [0.05, 0.1) is 5.69 Å². The number of benzene rings is 2. The Labute approximate surface area is 202 Å². The van der Waals surface area contributed by atoms with Gasteiger partial charge in [0.25, 0.3) is 0 Å². The largest absolute Gasteiger partial charge is 0.256 e. The van der Waals surface area contributed by atoms with Gasteiger partial charge in [-0.25, -0.2) is 0 Å². The van der Waals surface area contributed by atoms with E-state index in [-0.39, 0.29) is 0 Å². The van der Waals surface area contributed by atoms with Crippen LogP contribution in [0.15, 0.2) is 66.9 Å². The molecule has 1 nitrogen and oxygen atoms in total. The molecule has 0 aliphatic carbocycles. The van der Waals surface area contributed by atoms with Crippen molar-refractivity contribution in [2.75, 3.05) is 0 Å². The Morgan fingerprint density at radius 3 is 1.52 bits per heavy atom. The number of aryl methyl sites for hydroxylation is 4. The van der Waals surface area contributed by atoms with Crippen LogP contribution < -0.4 is 0 Å². The summed E-state index contributed by atoms with van der Waals surface area (Å²) in [4.78, 5) is 4.70. The molecule has 1 aromatic heterocycles. The molecule has 2 aromatic carbocycles. The van der Waals surface area contributed by atoms with Crippen molar-refractivity contribution >= 4 is 0 Å².